The van der Waals surface area contributed by atoms with Crippen molar-refractivity contribution in [1.82, 2.24) is 10.2 Å². The Hall–Kier alpha value is -3.00. The van der Waals surface area contributed by atoms with Crippen molar-refractivity contribution >= 4 is 23.3 Å². The van der Waals surface area contributed by atoms with E-state index in [4.69, 9.17) is 9.15 Å². The van der Waals surface area contributed by atoms with Gasteiger partial charge in [0.1, 0.15) is 11.5 Å². The van der Waals surface area contributed by atoms with Crippen LogP contribution in [0.1, 0.15) is 31.1 Å². The summed E-state index contributed by atoms with van der Waals surface area (Å²) in [6, 6.07) is 8.68. The number of nitrogens with zero attached hydrogens (tertiary/aromatic N) is 1. The topological polar surface area (TPSA) is 95.8 Å². The van der Waals surface area contributed by atoms with Gasteiger partial charge in [0, 0.05) is 18.3 Å². The monoisotopic (exact) mass is 384 g/mol. The summed E-state index contributed by atoms with van der Waals surface area (Å²) in [5, 5.41) is 8.48. The van der Waals surface area contributed by atoms with Crippen molar-refractivity contribution < 1.29 is 18.7 Å². The van der Waals surface area contributed by atoms with Crippen LogP contribution in [0, 0.1) is 0 Å². The van der Waals surface area contributed by atoms with Crippen molar-refractivity contribution in [2.75, 3.05) is 36.9 Å². The molecule has 3 amide bonds. The fraction of sp³-hybridized carbons (Fsp3) is 0.400. The van der Waals surface area contributed by atoms with Crippen LogP contribution in [-0.4, -0.2) is 43.1 Å². The van der Waals surface area contributed by atoms with E-state index in [1.807, 2.05) is 12.1 Å². The second-order valence-electron chi connectivity index (χ2n) is 7.01. The first-order valence-corrected chi connectivity index (χ1v) is 9.58. The lowest BCUT2D eigenvalue weighted by atomic mass is 10.1. The maximum Gasteiger partial charge on any atom is 0.319 e. The molecule has 1 fully saturated rings. The minimum atomic E-state index is -0.298. The Morgan fingerprint density at radius 1 is 1.21 bits per heavy atom. The van der Waals surface area contributed by atoms with Crippen LogP contribution in [0.2, 0.25) is 0 Å². The largest absolute Gasteiger partial charge is 0.482 e. The van der Waals surface area contributed by atoms with Crippen molar-refractivity contribution in [1.29, 1.82) is 0 Å². The first-order chi connectivity index (χ1) is 13.7. The van der Waals surface area contributed by atoms with Gasteiger partial charge in [-0.05, 0) is 50.2 Å². The molecular formula is C20H24N4O4. The Morgan fingerprint density at radius 3 is 2.86 bits per heavy atom. The summed E-state index contributed by atoms with van der Waals surface area (Å²) < 4.78 is 11.0. The van der Waals surface area contributed by atoms with Gasteiger partial charge in [-0.25, -0.2) is 4.79 Å². The second-order valence-corrected chi connectivity index (χ2v) is 7.01. The number of hydrogen-bond acceptors (Lipinski definition) is 5. The molecule has 0 aliphatic carbocycles. The number of carbonyl (C=O) groups is 2. The number of rotatable bonds is 5. The SMILES string of the molecule is O=C1COc2cc(NC(=O)NCC(c3ccco3)N3CCCCC3)ccc2N1. The molecule has 28 heavy (non-hydrogen) atoms. The van der Waals surface area contributed by atoms with E-state index in [2.05, 4.69) is 20.9 Å². The quantitative estimate of drug-likeness (QED) is 0.737. The van der Waals surface area contributed by atoms with Gasteiger partial charge in [-0.3, -0.25) is 9.69 Å². The van der Waals surface area contributed by atoms with Gasteiger partial charge < -0.3 is 25.1 Å². The number of benzene rings is 1. The van der Waals surface area contributed by atoms with E-state index in [9.17, 15) is 9.59 Å². The van der Waals surface area contributed by atoms with E-state index in [1.165, 1.54) is 6.42 Å². The number of likely N-dealkylation sites (tertiary alicyclic amines) is 1. The standard InChI is InChI=1S/C20H24N4O4/c25-19-13-28-18-11-14(6-7-15(18)23-19)22-20(26)21-12-16(17-5-4-10-27-17)24-8-2-1-3-9-24/h4-7,10-11,16H,1-3,8-9,12-13H2,(H,23,25)(H2,21,22,26). The summed E-state index contributed by atoms with van der Waals surface area (Å²) in [4.78, 5) is 26.1. The Balaban J connectivity index is 1.36. The highest BCUT2D eigenvalue weighted by Gasteiger charge is 2.25. The Kier molecular flexibility index (Phi) is 5.48. The molecule has 1 atom stereocenters. The number of fused-ring (bicyclic) bond motifs is 1. The molecule has 8 heteroatoms. The van der Waals surface area contributed by atoms with Crippen LogP contribution in [0.25, 0.3) is 0 Å². The van der Waals surface area contributed by atoms with Gasteiger partial charge in [0.25, 0.3) is 5.91 Å². The van der Waals surface area contributed by atoms with E-state index in [-0.39, 0.29) is 24.6 Å². The zero-order valence-corrected chi connectivity index (χ0v) is 15.6. The molecule has 1 saturated heterocycles. The summed E-state index contributed by atoms with van der Waals surface area (Å²) in [5.41, 5.74) is 1.20. The third kappa shape index (κ3) is 4.28. The first kappa shape index (κ1) is 18.4. The zero-order valence-electron chi connectivity index (χ0n) is 15.6. The third-order valence-electron chi connectivity index (χ3n) is 5.03. The summed E-state index contributed by atoms with van der Waals surface area (Å²) >= 11 is 0. The molecule has 1 unspecified atom stereocenters. The van der Waals surface area contributed by atoms with Gasteiger partial charge >= 0.3 is 6.03 Å². The molecule has 1 aromatic heterocycles. The predicted molar refractivity (Wildman–Crippen MR) is 104 cm³/mol. The highest BCUT2D eigenvalue weighted by molar-refractivity contribution is 5.96. The van der Waals surface area contributed by atoms with E-state index >= 15 is 0 Å². The third-order valence-corrected chi connectivity index (χ3v) is 5.03. The van der Waals surface area contributed by atoms with E-state index in [0.717, 1.165) is 31.7 Å². The summed E-state index contributed by atoms with van der Waals surface area (Å²) in [6.45, 7) is 2.44. The number of furan rings is 1. The molecule has 8 nitrogen and oxygen atoms in total. The molecule has 4 rings (SSSR count). The maximum absolute atomic E-state index is 12.4. The van der Waals surface area contributed by atoms with Crippen LogP contribution >= 0.6 is 0 Å². The molecule has 2 aliphatic rings. The minimum absolute atomic E-state index is 0.0168. The normalized spacial score (nSPS) is 17.8. The van der Waals surface area contributed by atoms with Crippen molar-refractivity contribution in [3.63, 3.8) is 0 Å². The fourth-order valence-electron chi connectivity index (χ4n) is 3.64. The Morgan fingerprint density at radius 2 is 2.07 bits per heavy atom. The lowest BCUT2D eigenvalue weighted by Crippen LogP contribution is -2.41. The highest BCUT2D eigenvalue weighted by atomic mass is 16.5. The number of piperidine rings is 1. The molecule has 0 saturated carbocycles. The van der Waals surface area contributed by atoms with Gasteiger partial charge in [0.15, 0.2) is 6.61 Å². The fourth-order valence-corrected chi connectivity index (χ4v) is 3.64. The average molecular weight is 384 g/mol. The number of nitrogens with one attached hydrogen (secondary N) is 3. The van der Waals surface area contributed by atoms with Crippen molar-refractivity contribution in [3.8, 4) is 5.75 Å². The summed E-state index contributed by atoms with van der Waals surface area (Å²) in [7, 11) is 0. The van der Waals surface area contributed by atoms with Crippen molar-refractivity contribution in [2.45, 2.75) is 25.3 Å². The first-order valence-electron chi connectivity index (χ1n) is 9.58. The van der Waals surface area contributed by atoms with Gasteiger partial charge in [-0.2, -0.15) is 0 Å². The molecule has 3 N–H and O–H groups in total. The summed E-state index contributed by atoms with van der Waals surface area (Å²) in [5.74, 6) is 1.21. The van der Waals surface area contributed by atoms with E-state index in [0.29, 0.717) is 23.7 Å². The molecule has 148 valence electrons. The molecule has 1 aromatic carbocycles. The van der Waals surface area contributed by atoms with Crippen LogP contribution in [0.3, 0.4) is 0 Å². The van der Waals surface area contributed by atoms with Gasteiger partial charge in [-0.15, -0.1) is 0 Å². The van der Waals surface area contributed by atoms with Crippen molar-refractivity contribution in [3.05, 3.63) is 42.4 Å². The highest BCUT2D eigenvalue weighted by Crippen LogP contribution is 2.30. The Bertz CT molecular complexity index is 831. The second kappa shape index (κ2) is 8.35. The number of amides is 3. The molecule has 0 spiro atoms. The van der Waals surface area contributed by atoms with Gasteiger partial charge in [-0.1, -0.05) is 6.42 Å². The predicted octanol–water partition coefficient (Wildman–Crippen LogP) is 2.96. The number of carbonyl (C=O) groups excluding carboxylic acids is 2. The smallest absolute Gasteiger partial charge is 0.319 e. The van der Waals surface area contributed by atoms with Crippen LogP contribution in [0.15, 0.2) is 41.0 Å². The zero-order chi connectivity index (χ0) is 19.3. The lowest BCUT2D eigenvalue weighted by Gasteiger charge is -2.33. The molecular weight excluding hydrogens is 360 g/mol. The van der Waals surface area contributed by atoms with Crippen LogP contribution in [-0.2, 0) is 4.79 Å². The molecule has 3 heterocycles. The average Bonchev–Trinajstić information content (AvgIpc) is 3.23. The Labute approximate surface area is 163 Å². The number of hydrogen-bond donors (Lipinski definition) is 3. The number of urea groups is 1. The van der Waals surface area contributed by atoms with Crippen LogP contribution in [0.4, 0.5) is 16.2 Å². The van der Waals surface area contributed by atoms with Gasteiger partial charge in [0.05, 0.1) is 18.0 Å². The van der Waals surface area contributed by atoms with Crippen molar-refractivity contribution in [2.24, 2.45) is 0 Å². The molecule has 2 aromatic rings. The number of ether oxygens (including phenoxy) is 1. The maximum atomic E-state index is 12.4. The van der Waals surface area contributed by atoms with Crippen LogP contribution in [0.5, 0.6) is 5.75 Å². The van der Waals surface area contributed by atoms with Crippen LogP contribution < -0.4 is 20.7 Å². The minimum Gasteiger partial charge on any atom is -0.482 e. The molecule has 2 aliphatic heterocycles. The molecule has 0 radical (unpaired) electrons. The summed E-state index contributed by atoms with van der Waals surface area (Å²) in [6.07, 6.45) is 5.23. The molecule has 0 bridgehead atoms. The van der Waals surface area contributed by atoms with Gasteiger partial charge in [0.2, 0.25) is 0 Å². The lowest BCUT2D eigenvalue weighted by molar-refractivity contribution is -0.118. The van der Waals surface area contributed by atoms with E-state index < -0.39 is 0 Å². The van der Waals surface area contributed by atoms with E-state index in [1.54, 1.807) is 24.5 Å². The number of anilines is 2.